The molecule has 40 heavy (non-hydrogen) atoms. The van der Waals surface area contributed by atoms with Gasteiger partial charge in [0.05, 0.1) is 17.3 Å². The molecule has 0 unspecified atom stereocenters. The van der Waals surface area contributed by atoms with E-state index in [1.165, 1.54) is 57.2 Å². The van der Waals surface area contributed by atoms with Crippen LogP contribution in [0.5, 0.6) is 5.75 Å². The van der Waals surface area contributed by atoms with Crippen molar-refractivity contribution in [2.24, 2.45) is 0 Å². The number of benzene rings is 2. The highest BCUT2D eigenvalue weighted by Gasteiger charge is 2.26. The van der Waals surface area contributed by atoms with Crippen LogP contribution in [-0.2, 0) is 22.7 Å². The summed E-state index contributed by atoms with van der Waals surface area (Å²) in [6.45, 7) is 8.04. The Morgan fingerprint density at radius 3 is 2.25 bits per heavy atom. The summed E-state index contributed by atoms with van der Waals surface area (Å²) in [5.74, 6) is 2.00. The van der Waals surface area contributed by atoms with Gasteiger partial charge < -0.3 is 14.5 Å². The van der Waals surface area contributed by atoms with E-state index in [-0.39, 0.29) is 0 Å². The van der Waals surface area contributed by atoms with Gasteiger partial charge in [-0.05, 0) is 70.3 Å². The van der Waals surface area contributed by atoms with Crippen molar-refractivity contribution in [1.29, 1.82) is 0 Å². The first-order valence-electron chi connectivity index (χ1n) is 14.5. The van der Waals surface area contributed by atoms with Gasteiger partial charge in [0.1, 0.15) is 23.7 Å². The molecule has 1 aromatic heterocycles. The lowest BCUT2D eigenvalue weighted by molar-refractivity contribution is 0.141. The van der Waals surface area contributed by atoms with Crippen LogP contribution in [0.2, 0.25) is 0 Å². The van der Waals surface area contributed by atoms with Crippen molar-refractivity contribution in [3.8, 4) is 5.75 Å². The zero-order valence-corrected chi connectivity index (χ0v) is 24.7. The standard InChI is InChI=1S/C31H41N5O3S/c1-23(2)40(37,38)29-10-6-5-9-25(29)20-31-33-22-32-30(34-31)19-24-11-12-27(21-28(24)39-3)36-17-13-26(14-18-36)35-15-7-4-8-16-35/h5-6,9-12,21-23,26H,4,7-8,13-20H2,1-3H3. The van der Waals surface area contributed by atoms with E-state index in [2.05, 4.69) is 43.0 Å². The Morgan fingerprint density at radius 2 is 1.57 bits per heavy atom. The molecule has 0 aliphatic carbocycles. The Balaban J connectivity index is 1.27. The number of ether oxygens (including phenoxy) is 1. The molecule has 3 aromatic rings. The first-order valence-corrected chi connectivity index (χ1v) is 16.0. The van der Waals surface area contributed by atoms with Gasteiger partial charge in [-0.3, -0.25) is 0 Å². The third kappa shape index (κ3) is 6.47. The van der Waals surface area contributed by atoms with E-state index >= 15 is 0 Å². The Hall–Kier alpha value is -3.04. The van der Waals surface area contributed by atoms with Gasteiger partial charge in [-0.1, -0.05) is 30.7 Å². The van der Waals surface area contributed by atoms with Crippen molar-refractivity contribution in [3.63, 3.8) is 0 Å². The first-order chi connectivity index (χ1) is 19.3. The van der Waals surface area contributed by atoms with Crippen LogP contribution < -0.4 is 9.64 Å². The van der Waals surface area contributed by atoms with E-state index in [0.29, 0.717) is 41.0 Å². The van der Waals surface area contributed by atoms with Crippen LogP contribution in [-0.4, -0.2) is 72.9 Å². The van der Waals surface area contributed by atoms with Gasteiger partial charge in [0.15, 0.2) is 9.84 Å². The minimum Gasteiger partial charge on any atom is -0.496 e. The fraction of sp³-hybridized carbons (Fsp3) is 0.516. The molecule has 0 radical (unpaired) electrons. The summed E-state index contributed by atoms with van der Waals surface area (Å²) in [4.78, 5) is 18.9. The van der Waals surface area contributed by atoms with Crippen LogP contribution in [0.1, 0.15) is 68.7 Å². The lowest BCUT2D eigenvalue weighted by Gasteiger charge is -2.41. The highest BCUT2D eigenvalue weighted by Crippen LogP contribution is 2.30. The van der Waals surface area contributed by atoms with Crippen molar-refractivity contribution in [2.45, 2.75) is 75.0 Å². The highest BCUT2D eigenvalue weighted by molar-refractivity contribution is 7.92. The summed E-state index contributed by atoms with van der Waals surface area (Å²) in [6, 6.07) is 14.2. The number of rotatable bonds is 9. The Labute approximate surface area is 238 Å². The molecule has 0 spiro atoms. The summed E-state index contributed by atoms with van der Waals surface area (Å²) in [5, 5.41) is -0.501. The van der Waals surface area contributed by atoms with Crippen molar-refractivity contribution in [3.05, 3.63) is 71.6 Å². The van der Waals surface area contributed by atoms with E-state index in [4.69, 9.17) is 4.74 Å². The Morgan fingerprint density at radius 1 is 0.900 bits per heavy atom. The van der Waals surface area contributed by atoms with E-state index in [0.717, 1.165) is 24.4 Å². The van der Waals surface area contributed by atoms with Crippen LogP contribution >= 0.6 is 0 Å². The van der Waals surface area contributed by atoms with Crippen molar-refractivity contribution >= 4 is 15.5 Å². The van der Waals surface area contributed by atoms with Crippen LogP contribution in [0.4, 0.5) is 5.69 Å². The second-order valence-electron chi connectivity index (χ2n) is 11.2. The van der Waals surface area contributed by atoms with Gasteiger partial charge in [-0.25, -0.2) is 23.4 Å². The fourth-order valence-corrected chi connectivity index (χ4v) is 7.19. The summed E-state index contributed by atoms with van der Waals surface area (Å²) in [7, 11) is -1.71. The third-order valence-corrected chi connectivity index (χ3v) is 10.5. The van der Waals surface area contributed by atoms with E-state index in [9.17, 15) is 8.42 Å². The summed E-state index contributed by atoms with van der Waals surface area (Å²) >= 11 is 0. The fourth-order valence-electron chi connectivity index (χ4n) is 5.91. The average molecular weight is 564 g/mol. The Bertz CT molecular complexity index is 1400. The van der Waals surface area contributed by atoms with E-state index in [1.54, 1.807) is 33.1 Å². The number of methoxy groups -OCH3 is 1. The average Bonchev–Trinajstić information content (AvgIpc) is 2.98. The maximum absolute atomic E-state index is 12.9. The molecular weight excluding hydrogens is 522 g/mol. The molecule has 0 atom stereocenters. The molecule has 2 fully saturated rings. The molecule has 3 heterocycles. The third-order valence-electron chi connectivity index (χ3n) is 8.28. The van der Waals surface area contributed by atoms with Crippen LogP contribution in [0.25, 0.3) is 0 Å². The number of anilines is 1. The van der Waals surface area contributed by atoms with Crippen molar-refractivity contribution in [1.82, 2.24) is 19.9 Å². The molecule has 0 bridgehead atoms. The molecule has 2 saturated heterocycles. The van der Waals surface area contributed by atoms with Gasteiger partial charge in [-0.15, -0.1) is 0 Å². The number of hydrogen-bond acceptors (Lipinski definition) is 8. The number of likely N-dealkylation sites (tertiary alicyclic amines) is 1. The predicted molar refractivity (Wildman–Crippen MR) is 158 cm³/mol. The minimum absolute atomic E-state index is 0.321. The maximum Gasteiger partial charge on any atom is 0.180 e. The van der Waals surface area contributed by atoms with Crippen molar-refractivity contribution in [2.75, 3.05) is 38.2 Å². The summed E-state index contributed by atoms with van der Waals surface area (Å²) < 4.78 is 31.6. The quantitative estimate of drug-likeness (QED) is 0.370. The first kappa shape index (κ1) is 28.5. The molecule has 2 aliphatic rings. The molecule has 2 aliphatic heterocycles. The molecule has 9 heteroatoms. The molecule has 0 amide bonds. The molecule has 5 rings (SSSR count). The van der Waals surface area contributed by atoms with Crippen LogP contribution in [0, 0.1) is 0 Å². The predicted octanol–water partition coefficient (Wildman–Crippen LogP) is 4.70. The molecule has 0 N–H and O–H groups in total. The zero-order valence-electron chi connectivity index (χ0n) is 23.9. The lowest BCUT2D eigenvalue weighted by Crippen LogP contribution is -2.46. The van der Waals surface area contributed by atoms with Gasteiger partial charge in [0.25, 0.3) is 0 Å². The summed E-state index contributed by atoms with van der Waals surface area (Å²) in [5.41, 5.74) is 2.89. The summed E-state index contributed by atoms with van der Waals surface area (Å²) in [6.07, 6.45) is 8.81. The second kappa shape index (κ2) is 12.6. The number of hydrogen-bond donors (Lipinski definition) is 0. The second-order valence-corrected chi connectivity index (χ2v) is 13.7. The normalized spacial score (nSPS) is 17.4. The minimum atomic E-state index is -3.41. The van der Waals surface area contributed by atoms with Gasteiger partial charge >= 0.3 is 0 Å². The van der Waals surface area contributed by atoms with Gasteiger partial charge in [-0.2, -0.15) is 0 Å². The number of sulfone groups is 1. The SMILES string of the molecule is COc1cc(N2CCC(N3CCCCC3)CC2)ccc1Cc1ncnc(Cc2ccccc2S(=O)(=O)C(C)C)n1. The molecular formula is C31H41N5O3S. The number of nitrogens with zero attached hydrogens (tertiary/aromatic N) is 5. The molecule has 2 aromatic carbocycles. The monoisotopic (exact) mass is 563 g/mol. The van der Waals surface area contributed by atoms with Gasteiger partial charge in [0.2, 0.25) is 0 Å². The lowest BCUT2D eigenvalue weighted by atomic mass is 9.99. The maximum atomic E-state index is 12.9. The van der Waals surface area contributed by atoms with Gasteiger partial charge in [0, 0.05) is 49.3 Å². The molecule has 0 saturated carbocycles. The van der Waals surface area contributed by atoms with Crippen molar-refractivity contribution < 1.29 is 13.2 Å². The van der Waals surface area contributed by atoms with E-state index in [1.807, 2.05) is 12.1 Å². The molecule has 8 nitrogen and oxygen atoms in total. The van der Waals surface area contributed by atoms with Crippen LogP contribution in [0.3, 0.4) is 0 Å². The Kier molecular flexibility index (Phi) is 9.00. The number of piperidine rings is 2. The molecule has 214 valence electrons. The van der Waals surface area contributed by atoms with E-state index < -0.39 is 15.1 Å². The smallest absolute Gasteiger partial charge is 0.180 e. The largest absolute Gasteiger partial charge is 0.496 e. The topological polar surface area (TPSA) is 88.5 Å². The number of aromatic nitrogens is 3. The van der Waals surface area contributed by atoms with Crippen LogP contribution in [0.15, 0.2) is 53.7 Å². The zero-order chi connectivity index (χ0) is 28.1. The highest BCUT2D eigenvalue weighted by atomic mass is 32.2.